The third-order valence-electron chi connectivity index (χ3n) is 1.99. The summed E-state index contributed by atoms with van der Waals surface area (Å²) in [7, 11) is 0. The number of hydrazone groups is 1. The van der Waals surface area contributed by atoms with E-state index in [0.717, 1.165) is 11.3 Å². The van der Waals surface area contributed by atoms with Crippen molar-refractivity contribution < 1.29 is 14.0 Å². The molecule has 2 heterocycles. The van der Waals surface area contributed by atoms with Gasteiger partial charge >= 0.3 is 0 Å². The highest BCUT2D eigenvalue weighted by molar-refractivity contribution is 7.15. The highest BCUT2D eigenvalue weighted by atomic mass is 32.1. The smallest absolute Gasteiger partial charge is 0.247 e. The lowest BCUT2D eigenvalue weighted by molar-refractivity contribution is -0.120. The second kappa shape index (κ2) is 6.57. The molecule has 2 aromatic rings. The van der Waals surface area contributed by atoms with Crippen LogP contribution < -0.4 is 10.7 Å². The second-order valence-corrected chi connectivity index (χ2v) is 4.73. The van der Waals surface area contributed by atoms with Gasteiger partial charge in [0.2, 0.25) is 16.9 Å². The van der Waals surface area contributed by atoms with E-state index in [4.69, 9.17) is 4.42 Å². The molecule has 0 spiro atoms. The minimum absolute atomic E-state index is 0.0345. The normalized spacial score (nSPS) is 10.7. The van der Waals surface area contributed by atoms with Crippen LogP contribution in [0.5, 0.6) is 0 Å². The van der Waals surface area contributed by atoms with Crippen LogP contribution in [0.1, 0.15) is 17.7 Å². The molecule has 2 aromatic heterocycles. The van der Waals surface area contributed by atoms with Crippen LogP contribution in [0.3, 0.4) is 0 Å². The lowest BCUT2D eigenvalue weighted by Crippen LogP contribution is -2.19. The number of nitrogens with one attached hydrogen (secondary N) is 2. The molecule has 0 aliphatic rings. The van der Waals surface area contributed by atoms with Gasteiger partial charge in [-0.3, -0.25) is 9.59 Å². The van der Waals surface area contributed by atoms with E-state index in [2.05, 4.69) is 26.0 Å². The number of rotatable bonds is 5. The quantitative estimate of drug-likeness (QED) is 0.625. The monoisotopic (exact) mass is 293 g/mol. The van der Waals surface area contributed by atoms with Gasteiger partial charge < -0.3 is 9.73 Å². The molecule has 0 unspecified atom stereocenters. The van der Waals surface area contributed by atoms with Crippen LogP contribution in [0.2, 0.25) is 0 Å². The Morgan fingerprint density at radius 2 is 2.35 bits per heavy atom. The summed E-state index contributed by atoms with van der Waals surface area (Å²) in [4.78, 5) is 22.4. The molecule has 0 aliphatic heterocycles. The van der Waals surface area contributed by atoms with Crippen molar-refractivity contribution >= 4 is 34.5 Å². The third-order valence-corrected chi connectivity index (χ3v) is 2.82. The molecule has 2 amide bonds. The van der Waals surface area contributed by atoms with E-state index < -0.39 is 0 Å². The fraction of sp³-hybridized carbons (Fsp3) is 0.182. The summed E-state index contributed by atoms with van der Waals surface area (Å²) in [6.07, 6.45) is 2.93. The number of aromatic nitrogens is 2. The van der Waals surface area contributed by atoms with Crippen LogP contribution in [0, 0.1) is 0 Å². The minimum Gasteiger partial charge on any atom is -0.463 e. The standard InChI is InChI=1S/C11H11N5O3S/c1-7(17)13-11-16-15-10(20-11)5-9(18)14-12-6-8-3-2-4-19-8/h2-4,6H,5H2,1H3,(H,14,18)(H,13,16,17)/b12-6-. The maximum atomic E-state index is 11.6. The van der Waals surface area contributed by atoms with Crippen molar-refractivity contribution in [2.45, 2.75) is 13.3 Å². The van der Waals surface area contributed by atoms with Crippen molar-refractivity contribution in [1.29, 1.82) is 0 Å². The minimum atomic E-state index is -0.335. The van der Waals surface area contributed by atoms with Crippen molar-refractivity contribution in [2.24, 2.45) is 5.10 Å². The van der Waals surface area contributed by atoms with Crippen molar-refractivity contribution in [3.8, 4) is 0 Å². The van der Waals surface area contributed by atoms with E-state index in [0.29, 0.717) is 15.9 Å². The summed E-state index contributed by atoms with van der Waals surface area (Å²) in [5, 5.41) is 14.6. The molecule has 104 valence electrons. The van der Waals surface area contributed by atoms with Gasteiger partial charge in [0.05, 0.1) is 18.9 Å². The summed E-state index contributed by atoms with van der Waals surface area (Å²) in [6, 6.07) is 3.42. The Labute approximate surface area is 117 Å². The van der Waals surface area contributed by atoms with Crippen LogP contribution >= 0.6 is 11.3 Å². The first-order valence-corrected chi connectivity index (χ1v) is 6.40. The molecule has 0 fully saturated rings. The predicted molar refractivity (Wildman–Crippen MR) is 72.4 cm³/mol. The molecule has 0 aromatic carbocycles. The van der Waals surface area contributed by atoms with Gasteiger partial charge in [-0.2, -0.15) is 5.10 Å². The summed E-state index contributed by atoms with van der Waals surface area (Å²) in [5.41, 5.74) is 2.34. The lowest BCUT2D eigenvalue weighted by atomic mass is 10.4. The molecule has 0 bridgehead atoms. The Bertz CT molecular complexity index is 620. The maximum Gasteiger partial charge on any atom is 0.247 e. The lowest BCUT2D eigenvalue weighted by Gasteiger charge is -1.95. The molecule has 0 atom stereocenters. The predicted octanol–water partition coefficient (Wildman–Crippen LogP) is 0.782. The first-order valence-electron chi connectivity index (χ1n) is 5.59. The summed E-state index contributed by atoms with van der Waals surface area (Å²) < 4.78 is 5.01. The molecule has 8 nitrogen and oxygen atoms in total. The first kappa shape index (κ1) is 13.9. The van der Waals surface area contributed by atoms with E-state index in [1.807, 2.05) is 0 Å². The summed E-state index contributed by atoms with van der Waals surface area (Å²) in [6.45, 7) is 1.37. The number of carbonyl (C=O) groups excluding carboxylic acids is 2. The zero-order chi connectivity index (χ0) is 14.4. The molecule has 0 radical (unpaired) electrons. The topological polar surface area (TPSA) is 109 Å². The Morgan fingerprint density at radius 1 is 1.50 bits per heavy atom. The Morgan fingerprint density at radius 3 is 3.05 bits per heavy atom. The van der Waals surface area contributed by atoms with Gasteiger partial charge in [-0.05, 0) is 12.1 Å². The highest BCUT2D eigenvalue weighted by Crippen LogP contribution is 2.15. The van der Waals surface area contributed by atoms with E-state index >= 15 is 0 Å². The zero-order valence-electron chi connectivity index (χ0n) is 10.5. The number of furan rings is 1. The van der Waals surface area contributed by atoms with Crippen LogP contribution in [0.25, 0.3) is 0 Å². The van der Waals surface area contributed by atoms with Crippen LogP contribution in [0.15, 0.2) is 27.9 Å². The van der Waals surface area contributed by atoms with Crippen LogP contribution in [-0.4, -0.2) is 28.2 Å². The van der Waals surface area contributed by atoms with Crippen molar-refractivity contribution in [3.05, 3.63) is 29.2 Å². The molecule has 9 heteroatoms. The molecular formula is C11H11N5O3S. The molecule has 0 saturated heterocycles. The Kier molecular flexibility index (Phi) is 4.56. The fourth-order valence-corrected chi connectivity index (χ4v) is 2.02. The molecule has 20 heavy (non-hydrogen) atoms. The van der Waals surface area contributed by atoms with Gasteiger partial charge in [-0.25, -0.2) is 5.43 Å². The van der Waals surface area contributed by atoms with Crippen LogP contribution in [0.4, 0.5) is 5.13 Å². The van der Waals surface area contributed by atoms with Gasteiger partial charge in [0.25, 0.3) is 0 Å². The van der Waals surface area contributed by atoms with Gasteiger partial charge in [0.15, 0.2) is 0 Å². The largest absolute Gasteiger partial charge is 0.463 e. The first-order chi connectivity index (χ1) is 9.63. The van der Waals surface area contributed by atoms with Gasteiger partial charge in [0, 0.05) is 6.92 Å². The molecule has 0 aliphatic carbocycles. The van der Waals surface area contributed by atoms with E-state index in [1.165, 1.54) is 19.4 Å². The van der Waals surface area contributed by atoms with Crippen molar-refractivity contribution in [2.75, 3.05) is 5.32 Å². The molecule has 2 N–H and O–H groups in total. The van der Waals surface area contributed by atoms with Crippen LogP contribution in [-0.2, 0) is 16.0 Å². The van der Waals surface area contributed by atoms with Crippen molar-refractivity contribution in [3.63, 3.8) is 0 Å². The Hall–Kier alpha value is -2.55. The SMILES string of the molecule is CC(=O)Nc1nnc(CC(=O)N/N=C\c2ccco2)s1. The van der Waals surface area contributed by atoms with E-state index in [-0.39, 0.29) is 18.2 Å². The second-order valence-electron chi connectivity index (χ2n) is 3.67. The molecule has 2 rings (SSSR count). The highest BCUT2D eigenvalue weighted by Gasteiger charge is 2.09. The number of hydrogen-bond acceptors (Lipinski definition) is 7. The van der Waals surface area contributed by atoms with Crippen molar-refractivity contribution in [1.82, 2.24) is 15.6 Å². The number of hydrogen-bond donors (Lipinski definition) is 2. The van der Waals surface area contributed by atoms with Gasteiger partial charge in [-0.1, -0.05) is 11.3 Å². The number of anilines is 1. The van der Waals surface area contributed by atoms with E-state index in [9.17, 15) is 9.59 Å². The average molecular weight is 293 g/mol. The Balaban J connectivity index is 1.82. The summed E-state index contributed by atoms with van der Waals surface area (Å²) >= 11 is 1.14. The van der Waals surface area contributed by atoms with E-state index in [1.54, 1.807) is 12.1 Å². The van der Waals surface area contributed by atoms with Gasteiger partial charge in [0.1, 0.15) is 10.8 Å². The number of amides is 2. The summed E-state index contributed by atoms with van der Waals surface area (Å²) in [5.74, 6) is -0.0345. The maximum absolute atomic E-state index is 11.6. The number of nitrogens with zero attached hydrogens (tertiary/aromatic N) is 3. The number of carbonyl (C=O) groups is 2. The third kappa shape index (κ3) is 4.28. The zero-order valence-corrected chi connectivity index (χ0v) is 11.3. The molecular weight excluding hydrogens is 282 g/mol. The molecule has 0 saturated carbocycles. The van der Waals surface area contributed by atoms with Gasteiger partial charge in [-0.15, -0.1) is 10.2 Å². The average Bonchev–Trinajstić information content (AvgIpc) is 3.00. The fourth-order valence-electron chi connectivity index (χ4n) is 1.24.